The Balaban J connectivity index is 1.42. The first-order valence-corrected chi connectivity index (χ1v) is 17.5. The van der Waals surface area contributed by atoms with Gasteiger partial charge in [0.25, 0.3) is 0 Å². The van der Waals surface area contributed by atoms with Crippen LogP contribution < -0.4 is 23.9 Å². The second kappa shape index (κ2) is 16.4. The van der Waals surface area contributed by atoms with Crippen molar-refractivity contribution < 1.29 is 50.7 Å². The van der Waals surface area contributed by atoms with Gasteiger partial charge >= 0.3 is 12.6 Å². The topological polar surface area (TPSA) is 127 Å². The first kappa shape index (κ1) is 36.0. The van der Waals surface area contributed by atoms with E-state index in [2.05, 4.69) is 19.3 Å². The van der Waals surface area contributed by atoms with E-state index in [4.69, 9.17) is 42.1 Å². The number of sulfonamides is 1. The third-order valence-electron chi connectivity index (χ3n) is 7.88. The van der Waals surface area contributed by atoms with E-state index >= 15 is 0 Å². The minimum atomic E-state index is -4.10. The lowest BCUT2D eigenvalue weighted by Gasteiger charge is -2.26. The summed E-state index contributed by atoms with van der Waals surface area (Å²) in [6.45, 7) is 0.385. The van der Waals surface area contributed by atoms with Gasteiger partial charge in [0, 0.05) is 38.2 Å². The highest BCUT2D eigenvalue weighted by molar-refractivity contribution is 7.89. The Morgan fingerprint density at radius 2 is 1.77 bits per heavy atom. The van der Waals surface area contributed by atoms with Crippen LogP contribution in [0.2, 0.25) is 10.0 Å². The van der Waals surface area contributed by atoms with E-state index in [1.807, 2.05) is 0 Å². The Kier molecular flexibility index (Phi) is 12.3. The van der Waals surface area contributed by atoms with Crippen LogP contribution in [0.3, 0.4) is 0 Å². The molecule has 260 valence electrons. The molecule has 3 aromatic rings. The molecule has 1 aliphatic carbocycles. The number of aromatic amines is 1. The van der Waals surface area contributed by atoms with Crippen LogP contribution in [0.4, 0.5) is 8.78 Å². The number of aromatic nitrogens is 1. The molecule has 2 fully saturated rings. The summed E-state index contributed by atoms with van der Waals surface area (Å²) in [6, 6.07) is 8.18. The molecule has 2 N–H and O–H groups in total. The van der Waals surface area contributed by atoms with Crippen LogP contribution in [-0.2, 0) is 25.9 Å². The second-order valence-corrected chi connectivity index (χ2v) is 13.8. The first-order chi connectivity index (χ1) is 23.0. The molecule has 1 atom stereocenters. The Morgan fingerprint density at radius 3 is 2.44 bits per heavy atom. The van der Waals surface area contributed by atoms with Gasteiger partial charge in [-0.05, 0) is 54.7 Å². The Bertz CT molecular complexity index is 1670. The van der Waals surface area contributed by atoms with E-state index in [1.54, 1.807) is 0 Å². The lowest BCUT2D eigenvalue weighted by atomic mass is 10.0. The maximum absolute atomic E-state index is 13.7. The monoisotopic (exact) mass is 730 g/mol. The third-order valence-corrected chi connectivity index (χ3v) is 10.0. The van der Waals surface area contributed by atoms with E-state index in [1.165, 1.54) is 55.9 Å². The van der Waals surface area contributed by atoms with Crippen LogP contribution in [0.25, 0.3) is 0 Å². The van der Waals surface area contributed by atoms with Crippen molar-refractivity contribution in [2.75, 3.05) is 53.1 Å². The molecule has 0 bridgehead atoms. The lowest BCUT2D eigenvalue weighted by molar-refractivity contribution is -0.377. The number of hydrogen-bond acceptors (Lipinski definition) is 9. The SMILES string of the molecule is COc1ccc(C(=O)O[C@@H](Cc2c(Cl)c[nH+]cc2Cl)c2ccc(OC(F)F)c(OCC3CC3)c2)cc1S(=O)(=O)NCCN1CCOCC1. The number of nitrogens with zero attached hydrogens (tertiary/aromatic N) is 1. The molecule has 1 saturated carbocycles. The van der Waals surface area contributed by atoms with Crippen LogP contribution in [0.1, 0.15) is 40.4 Å². The van der Waals surface area contributed by atoms with Gasteiger partial charge in [-0.3, -0.25) is 4.90 Å². The molecule has 0 amide bonds. The zero-order valence-corrected chi connectivity index (χ0v) is 28.4. The predicted octanol–water partition coefficient (Wildman–Crippen LogP) is 4.96. The van der Waals surface area contributed by atoms with Crippen molar-refractivity contribution in [3.05, 3.63) is 75.5 Å². The number of rotatable bonds is 16. The summed E-state index contributed by atoms with van der Waals surface area (Å²) in [6.07, 6.45) is 3.88. The summed E-state index contributed by atoms with van der Waals surface area (Å²) in [5.74, 6) is -0.630. The van der Waals surface area contributed by atoms with Crippen molar-refractivity contribution >= 4 is 39.2 Å². The molecule has 0 radical (unpaired) electrons. The highest BCUT2D eigenvalue weighted by Gasteiger charge is 2.28. The number of halogens is 4. The maximum atomic E-state index is 13.7. The molecule has 2 aromatic carbocycles. The molecule has 2 heterocycles. The van der Waals surface area contributed by atoms with Crippen LogP contribution in [0, 0.1) is 5.92 Å². The van der Waals surface area contributed by atoms with Crippen molar-refractivity contribution in [3.63, 3.8) is 0 Å². The van der Waals surface area contributed by atoms with Crippen molar-refractivity contribution in [2.24, 2.45) is 5.92 Å². The zero-order chi connectivity index (χ0) is 34.3. The third kappa shape index (κ3) is 9.67. The van der Waals surface area contributed by atoms with Gasteiger partial charge in [-0.2, -0.15) is 8.78 Å². The number of benzene rings is 2. The van der Waals surface area contributed by atoms with Crippen LogP contribution in [-0.4, -0.2) is 79.0 Å². The molecule has 5 rings (SSSR count). The number of hydrogen-bond donors (Lipinski definition) is 1. The molecule has 0 spiro atoms. The number of nitrogens with one attached hydrogen (secondary N) is 2. The number of H-pyrrole nitrogens is 1. The fourth-order valence-corrected chi connectivity index (χ4v) is 6.81. The highest BCUT2D eigenvalue weighted by Crippen LogP contribution is 2.38. The van der Waals surface area contributed by atoms with Gasteiger partial charge in [0.15, 0.2) is 23.9 Å². The minimum absolute atomic E-state index is 0.0143. The zero-order valence-electron chi connectivity index (χ0n) is 26.1. The summed E-state index contributed by atoms with van der Waals surface area (Å²) in [7, 11) is -2.78. The van der Waals surface area contributed by atoms with Crippen molar-refractivity contribution in [2.45, 2.75) is 36.9 Å². The molecule has 0 unspecified atom stereocenters. The van der Waals surface area contributed by atoms with E-state index < -0.39 is 28.7 Å². The average Bonchev–Trinajstić information content (AvgIpc) is 3.90. The Morgan fingerprint density at radius 1 is 1.06 bits per heavy atom. The van der Waals surface area contributed by atoms with Gasteiger partial charge < -0.3 is 23.7 Å². The minimum Gasteiger partial charge on any atom is -0.495 e. The van der Waals surface area contributed by atoms with Crippen LogP contribution in [0.15, 0.2) is 53.7 Å². The Hall–Kier alpha value is -3.27. The highest BCUT2D eigenvalue weighted by atomic mass is 35.5. The van der Waals surface area contributed by atoms with Gasteiger partial charge in [0.1, 0.15) is 26.8 Å². The van der Waals surface area contributed by atoms with E-state index in [0.717, 1.165) is 12.8 Å². The number of carbonyl (C=O) groups excluding carboxylic acids is 1. The fraction of sp³-hybridized carbons (Fsp3) is 0.438. The van der Waals surface area contributed by atoms with Gasteiger partial charge in [0.2, 0.25) is 10.0 Å². The number of pyridine rings is 1. The van der Waals surface area contributed by atoms with Crippen molar-refractivity contribution in [1.29, 1.82) is 0 Å². The predicted molar refractivity (Wildman–Crippen MR) is 172 cm³/mol. The van der Waals surface area contributed by atoms with E-state index in [9.17, 15) is 22.0 Å². The summed E-state index contributed by atoms with van der Waals surface area (Å²) in [4.78, 5) is 18.3. The first-order valence-electron chi connectivity index (χ1n) is 15.3. The maximum Gasteiger partial charge on any atom is 0.387 e. The summed E-state index contributed by atoms with van der Waals surface area (Å²) >= 11 is 12.9. The number of ether oxygens (including phenoxy) is 5. The number of morpholine rings is 1. The smallest absolute Gasteiger partial charge is 0.387 e. The van der Waals surface area contributed by atoms with Crippen molar-refractivity contribution in [1.82, 2.24) is 9.62 Å². The van der Waals surface area contributed by atoms with Crippen LogP contribution in [0.5, 0.6) is 17.2 Å². The molecular formula is C32H36Cl2F2N3O8S+. The van der Waals surface area contributed by atoms with E-state index in [-0.39, 0.29) is 50.7 Å². The fourth-order valence-electron chi connectivity index (χ4n) is 5.06. The largest absolute Gasteiger partial charge is 0.495 e. The molecule has 2 aliphatic rings. The quantitative estimate of drug-likeness (QED) is 0.204. The summed E-state index contributed by atoms with van der Waals surface area (Å²) in [5.41, 5.74) is 0.753. The average molecular weight is 732 g/mol. The molecule has 11 nitrogen and oxygen atoms in total. The van der Waals surface area contributed by atoms with Crippen molar-refractivity contribution in [3.8, 4) is 17.2 Å². The number of esters is 1. The van der Waals surface area contributed by atoms with Gasteiger partial charge in [-0.1, -0.05) is 29.3 Å². The number of alkyl halides is 2. The van der Waals surface area contributed by atoms with Gasteiger partial charge in [0.05, 0.1) is 32.5 Å². The lowest BCUT2D eigenvalue weighted by Crippen LogP contribution is -2.41. The molecule has 48 heavy (non-hydrogen) atoms. The molecule has 1 saturated heterocycles. The Labute approximate surface area is 287 Å². The number of methoxy groups -OCH3 is 1. The standard InChI is InChI=1S/C32H35Cl2F2N3O8S/c1-43-27-7-5-22(15-30(27)48(41,42)38-8-9-39-10-12-44-13-11-39)31(40)46-28(16-23-24(33)17-37-18-25(23)34)21-4-6-26(47-32(35)36)29(14-21)45-19-20-2-3-20/h4-7,14-15,17-18,20,28,32,38H,2-3,8-13,16,19H2,1H3/p+1/t28-/m0/s1. The normalized spacial score (nSPS) is 16.0. The summed E-state index contributed by atoms with van der Waals surface area (Å²) < 4.78 is 82.8. The second-order valence-electron chi connectivity index (χ2n) is 11.3. The van der Waals surface area contributed by atoms with E-state index in [0.29, 0.717) is 56.5 Å². The van der Waals surface area contributed by atoms with Crippen LogP contribution >= 0.6 is 23.2 Å². The summed E-state index contributed by atoms with van der Waals surface area (Å²) in [5, 5.41) is 0.541. The number of carbonyl (C=O) groups is 1. The van der Waals surface area contributed by atoms with Gasteiger partial charge in [-0.25, -0.2) is 22.9 Å². The molecule has 1 aromatic heterocycles. The molecule has 16 heteroatoms. The molecule has 1 aliphatic heterocycles. The molecular weight excluding hydrogens is 695 g/mol. The van der Waals surface area contributed by atoms with Gasteiger partial charge in [-0.15, -0.1) is 0 Å².